The molecule has 3 rings (SSSR count). The maximum Gasteiger partial charge on any atom is 0.145 e. The Morgan fingerprint density at radius 3 is 2.80 bits per heavy atom. The molecule has 1 aliphatic carbocycles. The van der Waals surface area contributed by atoms with Crippen molar-refractivity contribution < 1.29 is 4.74 Å². The van der Waals surface area contributed by atoms with Crippen molar-refractivity contribution >= 4 is 11.6 Å². The molecule has 2 unspecified atom stereocenters. The highest BCUT2D eigenvalue weighted by Gasteiger charge is 2.30. The van der Waals surface area contributed by atoms with E-state index in [0.717, 1.165) is 31.2 Å². The number of aromatic nitrogens is 2. The summed E-state index contributed by atoms with van der Waals surface area (Å²) in [6.45, 7) is 4.13. The standard InChI is InChI=1S/C14H23N5O/c1-9-5-6-19(8-11(9)20-2)13-7-12(18-15)16-14(17-13)10-3-4-10/h7,9-11H,3-6,8,15H2,1-2H3,(H,16,17,18). The number of nitrogens with one attached hydrogen (secondary N) is 1. The van der Waals surface area contributed by atoms with Crippen molar-refractivity contribution in [3.05, 3.63) is 11.9 Å². The molecule has 0 amide bonds. The van der Waals surface area contributed by atoms with E-state index in [1.165, 1.54) is 12.8 Å². The molecule has 6 heteroatoms. The number of hydrazine groups is 1. The molecule has 2 fully saturated rings. The van der Waals surface area contributed by atoms with Crippen LogP contribution in [0.3, 0.4) is 0 Å². The highest BCUT2D eigenvalue weighted by molar-refractivity contribution is 5.50. The average Bonchev–Trinajstić information content (AvgIpc) is 3.32. The zero-order chi connectivity index (χ0) is 14.1. The number of piperidine rings is 1. The summed E-state index contributed by atoms with van der Waals surface area (Å²) in [4.78, 5) is 11.5. The fourth-order valence-electron chi connectivity index (χ4n) is 2.76. The number of hydrogen-bond acceptors (Lipinski definition) is 6. The zero-order valence-electron chi connectivity index (χ0n) is 12.2. The number of nitrogens with two attached hydrogens (primary N) is 1. The second-order valence-electron chi connectivity index (χ2n) is 5.87. The minimum atomic E-state index is 0.261. The molecule has 3 N–H and O–H groups in total. The molecular weight excluding hydrogens is 254 g/mol. The van der Waals surface area contributed by atoms with Crippen molar-refractivity contribution in [3.8, 4) is 0 Å². The van der Waals surface area contributed by atoms with Crippen LogP contribution < -0.4 is 16.2 Å². The van der Waals surface area contributed by atoms with E-state index in [0.29, 0.717) is 17.7 Å². The van der Waals surface area contributed by atoms with Gasteiger partial charge in [-0.2, -0.15) is 0 Å². The molecule has 20 heavy (non-hydrogen) atoms. The molecule has 110 valence electrons. The van der Waals surface area contributed by atoms with Crippen LogP contribution in [0.1, 0.15) is 37.9 Å². The number of nitrogen functional groups attached to an aromatic ring is 1. The second kappa shape index (κ2) is 5.54. The Kier molecular flexibility index (Phi) is 3.76. The molecule has 1 aliphatic heterocycles. The monoisotopic (exact) mass is 277 g/mol. The summed E-state index contributed by atoms with van der Waals surface area (Å²) in [5, 5.41) is 0. The molecule has 1 saturated heterocycles. The molecule has 1 aromatic rings. The average molecular weight is 277 g/mol. The summed E-state index contributed by atoms with van der Waals surface area (Å²) >= 11 is 0. The number of rotatable bonds is 4. The molecule has 1 saturated carbocycles. The lowest BCUT2D eigenvalue weighted by molar-refractivity contribution is 0.0496. The number of ether oxygens (including phenoxy) is 1. The van der Waals surface area contributed by atoms with E-state index >= 15 is 0 Å². The van der Waals surface area contributed by atoms with Crippen LogP contribution in [0.5, 0.6) is 0 Å². The summed E-state index contributed by atoms with van der Waals surface area (Å²) in [5.41, 5.74) is 2.65. The molecular formula is C14H23N5O. The van der Waals surface area contributed by atoms with Crippen LogP contribution in [0.25, 0.3) is 0 Å². The van der Waals surface area contributed by atoms with E-state index in [4.69, 9.17) is 15.6 Å². The van der Waals surface area contributed by atoms with Gasteiger partial charge in [-0.05, 0) is 25.2 Å². The molecule has 0 spiro atoms. The molecule has 6 nitrogen and oxygen atoms in total. The van der Waals surface area contributed by atoms with E-state index in [2.05, 4.69) is 22.2 Å². The first-order chi connectivity index (χ1) is 9.71. The van der Waals surface area contributed by atoms with Crippen LogP contribution in [0.2, 0.25) is 0 Å². The SMILES string of the molecule is COC1CN(c2cc(NN)nc(C3CC3)n2)CCC1C. The summed E-state index contributed by atoms with van der Waals surface area (Å²) < 4.78 is 5.58. The first kappa shape index (κ1) is 13.6. The smallest absolute Gasteiger partial charge is 0.145 e. The third-order valence-corrected chi connectivity index (χ3v) is 4.34. The molecule has 0 radical (unpaired) electrons. The van der Waals surface area contributed by atoms with Gasteiger partial charge in [-0.1, -0.05) is 6.92 Å². The van der Waals surface area contributed by atoms with Crippen LogP contribution in [0.15, 0.2) is 6.07 Å². The molecule has 0 aromatic carbocycles. The van der Waals surface area contributed by atoms with Crippen molar-refractivity contribution in [2.45, 2.75) is 38.2 Å². The number of methoxy groups -OCH3 is 1. The normalized spacial score (nSPS) is 26.6. The minimum absolute atomic E-state index is 0.261. The van der Waals surface area contributed by atoms with Gasteiger partial charge in [0.15, 0.2) is 0 Å². The summed E-state index contributed by atoms with van der Waals surface area (Å²) in [6.07, 6.45) is 3.75. The quantitative estimate of drug-likeness (QED) is 0.641. The van der Waals surface area contributed by atoms with Gasteiger partial charge < -0.3 is 15.1 Å². The van der Waals surface area contributed by atoms with E-state index in [-0.39, 0.29) is 6.10 Å². The fourth-order valence-corrected chi connectivity index (χ4v) is 2.76. The molecule has 2 heterocycles. The topological polar surface area (TPSA) is 76.3 Å². The molecule has 1 aromatic heterocycles. The maximum absolute atomic E-state index is 5.58. The first-order valence-electron chi connectivity index (χ1n) is 7.34. The lowest BCUT2D eigenvalue weighted by Gasteiger charge is -2.37. The van der Waals surface area contributed by atoms with E-state index in [1.807, 2.05) is 6.07 Å². The summed E-state index contributed by atoms with van der Waals surface area (Å²) in [7, 11) is 1.78. The number of nitrogens with zero attached hydrogens (tertiary/aromatic N) is 3. The Hall–Kier alpha value is -1.40. The zero-order valence-corrected chi connectivity index (χ0v) is 12.2. The van der Waals surface area contributed by atoms with Gasteiger partial charge in [0.05, 0.1) is 6.10 Å². The van der Waals surface area contributed by atoms with Gasteiger partial charge in [0.2, 0.25) is 0 Å². The van der Waals surface area contributed by atoms with Gasteiger partial charge in [0, 0.05) is 32.2 Å². The van der Waals surface area contributed by atoms with Crippen molar-refractivity contribution in [1.82, 2.24) is 9.97 Å². The molecule has 2 atom stereocenters. The van der Waals surface area contributed by atoms with E-state index in [1.54, 1.807) is 7.11 Å². The highest BCUT2D eigenvalue weighted by Crippen LogP contribution is 2.39. The largest absolute Gasteiger partial charge is 0.379 e. The predicted octanol–water partition coefficient (Wildman–Crippen LogP) is 1.50. The van der Waals surface area contributed by atoms with Gasteiger partial charge in [-0.15, -0.1) is 0 Å². The second-order valence-corrected chi connectivity index (χ2v) is 5.87. The number of anilines is 2. The Balaban J connectivity index is 1.83. The lowest BCUT2D eigenvalue weighted by atomic mass is 9.96. The predicted molar refractivity (Wildman–Crippen MR) is 78.6 cm³/mol. The molecule has 2 aliphatic rings. The maximum atomic E-state index is 5.58. The van der Waals surface area contributed by atoms with E-state index in [9.17, 15) is 0 Å². The van der Waals surface area contributed by atoms with Crippen molar-refractivity contribution in [1.29, 1.82) is 0 Å². The third kappa shape index (κ3) is 2.71. The lowest BCUT2D eigenvalue weighted by Crippen LogP contribution is -2.44. The Labute approximate surface area is 119 Å². The minimum Gasteiger partial charge on any atom is -0.379 e. The summed E-state index contributed by atoms with van der Waals surface area (Å²) in [6, 6.07) is 1.93. The van der Waals surface area contributed by atoms with Crippen molar-refractivity contribution in [2.24, 2.45) is 11.8 Å². The fraction of sp³-hybridized carbons (Fsp3) is 0.714. The van der Waals surface area contributed by atoms with Crippen LogP contribution >= 0.6 is 0 Å². The third-order valence-electron chi connectivity index (χ3n) is 4.34. The van der Waals surface area contributed by atoms with Gasteiger partial charge >= 0.3 is 0 Å². The van der Waals surface area contributed by atoms with Gasteiger partial charge in [-0.3, -0.25) is 0 Å². The van der Waals surface area contributed by atoms with Crippen LogP contribution in [0.4, 0.5) is 11.6 Å². The van der Waals surface area contributed by atoms with Crippen molar-refractivity contribution in [3.63, 3.8) is 0 Å². The Bertz CT molecular complexity index is 477. The van der Waals surface area contributed by atoms with Crippen molar-refractivity contribution in [2.75, 3.05) is 30.5 Å². The summed E-state index contributed by atoms with van der Waals surface area (Å²) in [5.74, 6) is 9.22. The first-order valence-corrected chi connectivity index (χ1v) is 7.34. The van der Waals surface area contributed by atoms with Gasteiger partial charge in [0.1, 0.15) is 17.5 Å². The Morgan fingerprint density at radius 1 is 1.35 bits per heavy atom. The Morgan fingerprint density at radius 2 is 2.15 bits per heavy atom. The van der Waals surface area contributed by atoms with Crippen LogP contribution in [-0.2, 0) is 4.74 Å². The number of hydrogen-bond donors (Lipinski definition) is 2. The molecule has 0 bridgehead atoms. The van der Waals surface area contributed by atoms with Gasteiger partial charge in [0.25, 0.3) is 0 Å². The van der Waals surface area contributed by atoms with Gasteiger partial charge in [-0.25, -0.2) is 15.8 Å². The van der Waals surface area contributed by atoms with Crippen LogP contribution in [-0.4, -0.2) is 36.3 Å². The highest BCUT2D eigenvalue weighted by atomic mass is 16.5. The van der Waals surface area contributed by atoms with Crippen LogP contribution in [0, 0.1) is 5.92 Å². The van der Waals surface area contributed by atoms with E-state index < -0.39 is 0 Å².